The van der Waals surface area contributed by atoms with E-state index in [1.165, 1.54) is 0 Å². The van der Waals surface area contributed by atoms with Gasteiger partial charge in [-0.2, -0.15) is 5.26 Å². The Hall–Kier alpha value is -0.440. The van der Waals surface area contributed by atoms with Gasteiger partial charge < -0.3 is 10.6 Å². The zero-order valence-electron chi connectivity index (χ0n) is 10.2. The summed E-state index contributed by atoms with van der Waals surface area (Å²) in [5.41, 5.74) is 5.53. The minimum absolute atomic E-state index is 0.347. The molecule has 2 fully saturated rings. The largest absolute Gasteiger partial charge is 0.313 e. The second kappa shape index (κ2) is 5.47. The molecule has 2 N–H and O–H groups in total. The first-order chi connectivity index (χ1) is 8.14. The number of nitrogens with zero attached hydrogens (tertiary/aromatic N) is 2. The first-order valence-corrected chi connectivity index (χ1v) is 7.90. The maximum Gasteiger partial charge on any atom is 0.107 e. The fourth-order valence-electron chi connectivity index (χ4n) is 2.89. The Bertz CT molecular complexity index is 331. The zero-order valence-corrected chi connectivity index (χ0v) is 11.0. The molecule has 0 aromatic heterocycles. The number of hydrogen-bond acceptors (Lipinski definition) is 4. The van der Waals surface area contributed by atoms with Crippen molar-refractivity contribution in [1.29, 1.82) is 5.26 Å². The smallest absolute Gasteiger partial charge is 0.107 e. The van der Waals surface area contributed by atoms with Gasteiger partial charge in [-0.15, -0.1) is 0 Å². The van der Waals surface area contributed by atoms with E-state index >= 15 is 0 Å². The van der Waals surface area contributed by atoms with Crippen LogP contribution in [0.2, 0.25) is 0 Å². The molecule has 0 amide bonds. The number of rotatable bonds is 3. The normalized spacial score (nSPS) is 35.9. The molecular weight excluding hydrogens is 234 g/mol. The van der Waals surface area contributed by atoms with Crippen molar-refractivity contribution in [3.63, 3.8) is 0 Å². The lowest BCUT2D eigenvalue weighted by Crippen LogP contribution is -2.44. The minimum atomic E-state index is -0.602. The van der Waals surface area contributed by atoms with Crippen LogP contribution in [0.25, 0.3) is 0 Å². The van der Waals surface area contributed by atoms with E-state index in [0.29, 0.717) is 5.92 Å². The summed E-state index contributed by atoms with van der Waals surface area (Å²) in [6.45, 7) is 2.87. The van der Waals surface area contributed by atoms with Crippen LogP contribution in [0.3, 0.4) is 0 Å². The average Bonchev–Trinajstić information content (AvgIpc) is 2.71. The van der Waals surface area contributed by atoms with Gasteiger partial charge in [-0.1, -0.05) is 6.42 Å². The van der Waals surface area contributed by atoms with Crippen LogP contribution in [0.4, 0.5) is 0 Å². The Labute approximate surface area is 106 Å². The highest BCUT2D eigenvalue weighted by Gasteiger charge is 2.39. The molecule has 1 aliphatic carbocycles. The molecule has 1 saturated carbocycles. The van der Waals surface area contributed by atoms with Gasteiger partial charge in [-0.25, -0.2) is 0 Å². The molecule has 1 aliphatic heterocycles. The molecular formula is C12H21N3OS. The summed E-state index contributed by atoms with van der Waals surface area (Å²) < 4.78 is 11.2. The van der Waals surface area contributed by atoms with Crippen molar-refractivity contribution in [3.8, 4) is 6.07 Å². The molecule has 2 aliphatic rings. The molecule has 1 heterocycles. The van der Waals surface area contributed by atoms with Crippen LogP contribution in [-0.2, 0) is 10.8 Å². The highest BCUT2D eigenvalue weighted by Crippen LogP contribution is 2.35. The van der Waals surface area contributed by atoms with Crippen molar-refractivity contribution in [3.05, 3.63) is 0 Å². The Morgan fingerprint density at radius 1 is 1.47 bits per heavy atom. The van der Waals surface area contributed by atoms with Gasteiger partial charge in [0.15, 0.2) is 0 Å². The van der Waals surface area contributed by atoms with Crippen LogP contribution in [-0.4, -0.2) is 45.8 Å². The summed E-state index contributed by atoms with van der Waals surface area (Å²) >= 11 is 0. The molecule has 0 radical (unpaired) electrons. The first-order valence-electron chi connectivity index (χ1n) is 6.41. The molecule has 1 saturated heterocycles. The Morgan fingerprint density at radius 2 is 2.18 bits per heavy atom. The van der Waals surface area contributed by atoms with Gasteiger partial charge in [0.25, 0.3) is 0 Å². The average molecular weight is 255 g/mol. The van der Waals surface area contributed by atoms with Crippen LogP contribution in [0.5, 0.6) is 0 Å². The quantitative estimate of drug-likeness (QED) is 0.795. The molecule has 96 valence electrons. The molecule has 2 unspecified atom stereocenters. The van der Waals surface area contributed by atoms with Crippen LogP contribution in [0.15, 0.2) is 0 Å². The van der Waals surface area contributed by atoms with Crippen LogP contribution < -0.4 is 5.73 Å². The molecule has 2 rings (SSSR count). The Balaban J connectivity index is 1.79. The van der Waals surface area contributed by atoms with Gasteiger partial charge >= 0.3 is 0 Å². The van der Waals surface area contributed by atoms with E-state index in [9.17, 15) is 4.21 Å². The van der Waals surface area contributed by atoms with Gasteiger partial charge in [0, 0.05) is 35.4 Å². The maximum absolute atomic E-state index is 11.2. The van der Waals surface area contributed by atoms with Gasteiger partial charge in [0.05, 0.1) is 6.07 Å². The number of hydrogen-bond donors (Lipinski definition) is 1. The third-order valence-electron chi connectivity index (χ3n) is 4.14. The maximum atomic E-state index is 11.2. The third kappa shape index (κ3) is 3.06. The van der Waals surface area contributed by atoms with E-state index in [-0.39, 0.29) is 0 Å². The fraction of sp³-hybridized carbons (Fsp3) is 0.917. The Kier molecular flexibility index (Phi) is 4.18. The lowest BCUT2D eigenvalue weighted by atomic mass is 9.87. The lowest BCUT2D eigenvalue weighted by molar-refractivity contribution is 0.253. The summed E-state index contributed by atoms with van der Waals surface area (Å²) in [6.07, 6.45) is 4.03. The number of nitriles is 1. The molecule has 0 spiro atoms. The lowest BCUT2D eigenvalue weighted by Gasteiger charge is -2.30. The van der Waals surface area contributed by atoms with Crippen molar-refractivity contribution in [1.82, 2.24) is 4.90 Å². The van der Waals surface area contributed by atoms with Crippen molar-refractivity contribution < 1.29 is 4.21 Å². The van der Waals surface area contributed by atoms with Gasteiger partial charge in [-0.05, 0) is 31.7 Å². The first kappa shape index (κ1) is 13.0. The molecule has 0 aromatic rings. The van der Waals surface area contributed by atoms with Crippen LogP contribution >= 0.6 is 0 Å². The van der Waals surface area contributed by atoms with Crippen LogP contribution in [0.1, 0.15) is 25.7 Å². The van der Waals surface area contributed by atoms with Crippen LogP contribution in [0, 0.1) is 17.2 Å². The molecule has 5 heteroatoms. The topological polar surface area (TPSA) is 70.1 Å². The molecule has 17 heavy (non-hydrogen) atoms. The molecule has 4 nitrogen and oxygen atoms in total. The highest BCUT2D eigenvalue weighted by molar-refractivity contribution is 7.85. The summed E-state index contributed by atoms with van der Waals surface area (Å²) in [5, 5.41) is 9.14. The van der Waals surface area contributed by atoms with E-state index < -0.39 is 16.3 Å². The van der Waals surface area contributed by atoms with Gasteiger partial charge in [0.1, 0.15) is 5.54 Å². The Morgan fingerprint density at radius 3 is 2.82 bits per heavy atom. The summed E-state index contributed by atoms with van der Waals surface area (Å²) in [6, 6.07) is 2.30. The van der Waals surface area contributed by atoms with Crippen molar-refractivity contribution in [2.45, 2.75) is 31.2 Å². The predicted molar refractivity (Wildman–Crippen MR) is 68.8 cm³/mol. The highest BCUT2D eigenvalue weighted by atomic mass is 32.2. The zero-order chi connectivity index (χ0) is 12.3. The number of nitrogens with two attached hydrogens (primary N) is 1. The molecule has 0 aromatic carbocycles. The standard InChI is InChI=1S/C12H21N3OS/c13-10-12(14)4-1-2-11(12)3-5-15-6-8-17(16)9-7-15/h11H,1-9,14H2. The summed E-state index contributed by atoms with van der Waals surface area (Å²) in [5.74, 6) is 1.95. The molecule has 2 atom stereocenters. The molecule has 0 bridgehead atoms. The summed E-state index contributed by atoms with van der Waals surface area (Å²) in [7, 11) is -0.602. The van der Waals surface area contributed by atoms with Crippen molar-refractivity contribution in [2.75, 3.05) is 31.1 Å². The van der Waals surface area contributed by atoms with E-state index in [1.54, 1.807) is 0 Å². The van der Waals surface area contributed by atoms with E-state index in [0.717, 1.165) is 56.8 Å². The van der Waals surface area contributed by atoms with Crippen molar-refractivity contribution in [2.24, 2.45) is 11.7 Å². The second-order valence-electron chi connectivity index (χ2n) is 5.22. The van der Waals surface area contributed by atoms with E-state index in [2.05, 4.69) is 11.0 Å². The van der Waals surface area contributed by atoms with Gasteiger partial charge in [0.2, 0.25) is 0 Å². The third-order valence-corrected chi connectivity index (χ3v) is 5.42. The van der Waals surface area contributed by atoms with E-state index in [4.69, 9.17) is 11.0 Å². The fourth-order valence-corrected chi connectivity index (χ4v) is 4.02. The van der Waals surface area contributed by atoms with Crippen molar-refractivity contribution >= 4 is 10.8 Å². The predicted octanol–water partition coefficient (Wildman–Crippen LogP) is 0.462. The minimum Gasteiger partial charge on any atom is -0.313 e. The van der Waals surface area contributed by atoms with E-state index in [1.807, 2.05) is 0 Å². The van der Waals surface area contributed by atoms with Gasteiger partial charge in [-0.3, -0.25) is 4.21 Å². The SMILES string of the molecule is N#CC1(N)CCCC1CCN1CCS(=O)CC1. The summed E-state index contributed by atoms with van der Waals surface area (Å²) in [4.78, 5) is 2.36. The second-order valence-corrected chi connectivity index (χ2v) is 6.92. The monoisotopic (exact) mass is 255 g/mol.